The molecule has 0 unspecified atom stereocenters. The number of carbonyl (C=O) groups is 1. The second kappa shape index (κ2) is 6.15. The maximum absolute atomic E-state index is 12.0. The predicted molar refractivity (Wildman–Crippen MR) is 71.6 cm³/mol. The van der Waals surface area contributed by atoms with Gasteiger partial charge in [-0.3, -0.25) is 4.79 Å². The first-order valence-corrected chi connectivity index (χ1v) is 7.02. The fourth-order valence-electron chi connectivity index (χ4n) is 1.77. The van der Waals surface area contributed by atoms with E-state index < -0.39 is 0 Å². The summed E-state index contributed by atoms with van der Waals surface area (Å²) in [7, 11) is 2.08. The number of rotatable bonds is 3. The molecule has 1 aliphatic rings. The van der Waals surface area contributed by atoms with Gasteiger partial charge in [-0.1, -0.05) is 11.8 Å². The van der Waals surface area contributed by atoms with E-state index in [1.807, 2.05) is 17.9 Å². The number of aromatic nitrogens is 2. The number of carbonyl (C=O) groups excluding carboxylic acids is 1. The van der Waals surface area contributed by atoms with Crippen molar-refractivity contribution in [2.75, 3.05) is 39.0 Å². The Morgan fingerprint density at radius 3 is 2.78 bits per heavy atom. The average Bonchev–Trinajstić information content (AvgIpc) is 2.37. The molecule has 0 radical (unpaired) electrons. The summed E-state index contributed by atoms with van der Waals surface area (Å²) in [6.45, 7) is 5.48. The van der Waals surface area contributed by atoms with Crippen LogP contribution < -0.4 is 0 Å². The summed E-state index contributed by atoms with van der Waals surface area (Å²) in [4.78, 5) is 24.6. The SMILES string of the molecule is Cc1ccnc(SCC(=O)N2CCN(C)CC2)n1. The summed E-state index contributed by atoms with van der Waals surface area (Å²) in [5.74, 6) is 0.603. The largest absolute Gasteiger partial charge is 0.339 e. The molecule has 1 saturated heterocycles. The van der Waals surface area contributed by atoms with Crippen LogP contribution in [0.4, 0.5) is 0 Å². The fourth-order valence-corrected chi connectivity index (χ4v) is 2.55. The second-order valence-corrected chi connectivity index (χ2v) is 5.40. The molecule has 0 atom stereocenters. The first kappa shape index (κ1) is 13.3. The molecule has 0 aromatic carbocycles. The van der Waals surface area contributed by atoms with Crippen molar-refractivity contribution in [2.24, 2.45) is 0 Å². The zero-order valence-electron chi connectivity index (χ0n) is 10.8. The number of likely N-dealkylation sites (N-methyl/N-ethyl adjacent to an activating group) is 1. The highest BCUT2D eigenvalue weighted by molar-refractivity contribution is 7.99. The third-order valence-corrected chi connectivity index (χ3v) is 3.80. The molecule has 1 aromatic rings. The van der Waals surface area contributed by atoms with Gasteiger partial charge in [0.15, 0.2) is 5.16 Å². The normalized spacial score (nSPS) is 16.9. The Balaban J connectivity index is 1.81. The van der Waals surface area contributed by atoms with E-state index >= 15 is 0 Å². The molecular formula is C12H18N4OS. The highest BCUT2D eigenvalue weighted by Gasteiger charge is 2.19. The first-order chi connectivity index (χ1) is 8.65. The summed E-state index contributed by atoms with van der Waals surface area (Å²) < 4.78 is 0. The van der Waals surface area contributed by atoms with Gasteiger partial charge < -0.3 is 9.80 Å². The van der Waals surface area contributed by atoms with Gasteiger partial charge in [-0.25, -0.2) is 9.97 Å². The molecule has 5 nitrogen and oxygen atoms in total. The molecular weight excluding hydrogens is 248 g/mol. The Morgan fingerprint density at radius 2 is 2.11 bits per heavy atom. The average molecular weight is 266 g/mol. The summed E-state index contributed by atoms with van der Waals surface area (Å²) >= 11 is 1.41. The van der Waals surface area contributed by atoms with Crippen LogP contribution in [0.25, 0.3) is 0 Å². The predicted octanol–water partition coefficient (Wildman–Crippen LogP) is 0.651. The molecule has 6 heteroatoms. The van der Waals surface area contributed by atoms with Gasteiger partial charge in [0, 0.05) is 38.1 Å². The molecule has 1 fully saturated rings. The Morgan fingerprint density at radius 1 is 1.39 bits per heavy atom. The zero-order valence-corrected chi connectivity index (χ0v) is 11.6. The number of hydrogen-bond donors (Lipinski definition) is 0. The van der Waals surface area contributed by atoms with Gasteiger partial charge in [-0.05, 0) is 20.0 Å². The third kappa shape index (κ3) is 3.68. The molecule has 1 aliphatic heterocycles. The lowest BCUT2D eigenvalue weighted by atomic mass is 10.3. The van der Waals surface area contributed by atoms with Crippen molar-refractivity contribution in [1.82, 2.24) is 19.8 Å². The van der Waals surface area contributed by atoms with Crippen molar-refractivity contribution < 1.29 is 4.79 Å². The van der Waals surface area contributed by atoms with E-state index in [0.29, 0.717) is 10.9 Å². The molecule has 2 heterocycles. The van der Waals surface area contributed by atoms with Crippen molar-refractivity contribution in [2.45, 2.75) is 12.1 Å². The number of piperazine rings is 1. The van der Waals surface area contributed by atoms with Crippen LogP contribution in [-0.2, 0) is 4.79 Å². The summed E-state index contributed by atoms with van der Waals surface area (Å²) in [5.41, 5.74) is 0.930. The lowest BCUT2D eigenvalue weighted by Crippen LogP contribution is -2.47. The molecule has 18 heavy (non-hydrogen) atoms. The van der Waals surface area contributed by atoms with Crippen molar-refractivity contribution >= 4 is 17.7 Å². The molecule has 98 valence electrons. The Labute approximate surface area is 112 Å². The fraction of sp³-hybridized carbons (Fsp3) is 0.583. The minimum atomic E-state index is 0.179. The van der Waals surface area contributed by atoms with E-state index in [-0.39, 0.29) is 5.91 Å². The maximum atomic E-state index is 12.0. The molecule has 0 spiro atoms. The number of thioether (sulfide) groups is 1. The van der Waals surface area contributed by atoms with Crippen LogP contribution in [0.5, 0.6) is 0 Å². The van der Waals surface area contributed by atoms with Gasteiger partial charge in [0.05, 0.1) is 5.75 Å². The van der Waals surface area contributed by atoms with Gasteiger partial charge in [-0.2, -0.15) is 0 Å². The Bertz CT molecular complexity index is 418. The molecule has 0 saturated carbocycles. The summed E-state index contributed by atoms with van der Waals surface area (Å²) in [6, 6.07) is 1.85. The number of hydrogen-bond acceptors (Lipinski definition) is 5. The topological polar surface area (TPSA) is 49.3 Å². The van der Waals surface area contributed by atoms with Crippen LogP contribution in [0.2, 0.25) is 0 Å². The third-order valence-electron chi connectivity index (χ3n) is 2.95. The van der Waals surface area contributed by atoms with Crippen LogP contribution in [0, 0.1) is 6.92 Å². The standard InChI is InChI=1S/C12H18N4OS/c1-10-3-4-13-12(14-10)18-9-11(17)16-7-5-15(2)6-8-16/h3-4H,5-9H2,1-2H3. The van der Waals surface area contributed by atoms with E-state index in [9.17, 15) is 4.79 Å². The maximum Gasteiger partial charge on any atom is 0.233 e. The van der Waals surface area contributed by atoms with Crippen LogP contribution in [0.1, 0.15) is 5.69 Å². The van der Waals surface area contributed by atoms with Gasteiger partial charge in [0.25, 0.3) is 0 Å². The second-order valence-electron chi connectivity index (χ2n) is 4.45. The van der Waals surface area contributed by atoms with Crippen molar-refractivity contribution in [1.29, 1.82) is 0 Å². The van der Waals surface area contributed by atoms with Gasteiger partial charge in [0.1, 0.15) is 0 Å². The Hall–Kier alpha value is -1.14. The minimum absolute atomic E-state index is 0.179. The van der Waals surface area contributed by atoms with Crippen LogP contribution in [0.15, 0.2) is 17.4 Å². The lowest BCUT2D eigenvalue weighted by Gasteiger charge is -2.32. The van der Waals surface area contributed by atoms with Crippen LogP contribution >= 0.6 is 11.8 Å². The molecule has 2 rings (SSSR count). The van der Waals surface area contributed by atoms with Crippen LogP contribution in [-0.4, -0.2) is 64.7 Å². The molecule has 0 aliphatic carbocycles. The van der Waals surface area contributed by atoms with E-state index in [2.05, 4.69) is 21.9 Å². The zero-order chi connectivity index (χ0) is 13.0. The smallest absolute Gasteiger partial charge is 0.233 e. The molecule has 0 N–H and O–H groups in total. The van der Waals surface area contributed by atoms with Gasteiger partial charge in [-0.15, -0.1) is 0 Å². The van der Waals surface area contributed by atoms with E-state index in [4.69, 9.17) is 0 Å². The van der Waals surface area contributed by atoms with Crippen molar-refractivity contribution in [3.63, 3.8) is 0 Å². The van der Waals surface area contributed by atoms with Crippen molar-refractivity contribution in [3.8, 4) is 0 Å². The lowest BCUT2D eigenvalue weighted by molar-refractivity contribution is -0.129. The van der Waals surface area contributed by atoms with E-state index in [1.54, 1.807) is 6.20 Å². The quantitative estimate of drug-likeness (QED) is 0.594. The highest BCUT2D eigenvalue weighted by atomic mass is 32.2. The van der Waals surface area contributed by atoms with E-state index in [0.717, 1.165) is 31.9 Å². The number of aryl methyl sites for hydroxylation is 1. The van der Waals surface area contributed by atoms with E-state index in [1.165, 1.54) is 11.8 Å². The minimum Gasteiger partial charge on any atom is -0.339 e. The van der Waals surface area contributed by atoms with Gasteiger partial charge in [0.2, 0.25) is 5.91 Å². The highest BCUT2D eigenvalue weighted by Crippen LogP contribution is 2.13. The number of nitrogens with zero attached hydrogens (tertiary/aromatic N) is 4. The van der Waals surface area contributed by atoms with Crippen molar-refractivity contribution in [3.05, 3.63) is 18.0 Å². The number of amides is 1. The summed E-state index contributed by atoms with van der Waals surface area (Å²) in [5, 5.41) is 0.678. The van der Waals surface area contributed by atoms with Crippen LogP contribution in [0.3, 0.4) is 0 Å². The molecule has 0 bridgehead atoms. The first-order valence-electron chi connectivity index (χ1n) is 6.04. The monoisotopic (exact) mass is 266 g/mol. The molecule has 1 aromatic heterocycles. The molecule has 1 amide bonds. The van der Waals surface area contributed by atoms with Gasteiger partial charge >= 0.3 is 0 Å². The summed E-state index contributed by atoms with van der Waals surface area (Å²) in [6.07, 6.45) is 1.73. The Kier molecular flexibility index (Phi) is 4.54.